The maximum absolute atomic E-state index is 12.5. The van der Waals surface area contributed by atoms with Crippen LogP contribution < -0.4 is 5.32 Å². The Morgan fingerprint density at radius 3 is 2.79 bits per heavy atom. The molecule has 3 aromatic rings. The smallest absolute Gasteiger partial charge is 0.242 e. The van der Waals surface area contributed by atoms with E-state index in [-0.39, 0.29) is 18.2 Å². The number of nitrogens with zero attached hydrogens (tertiary/aromatic N) is 3. The van der Waals surface area contributed by atoms with Crippen molar-refractivity contribution in [1.82, 2.24) is 9.88 Å². The number of aromatic nitrogens is 1. The Labute approximate surface area is 174 Å². The highest BCUT2D eigenvalue weighted by molar-refractivity contribution is 8.15. The number of rotatable bonds is 4. The van der Waals surface area contributed by atoms with Crippen LogP contribution in [0.3, 0.4) is 0 Å². The van der Waals surface area contributed by atoms with E-state index in [1.807, 2.05) is 24.3 Å². The number of hydrogen-bond acceptors (Lipinski definition) is 6. The highest BCUT2D eigenvalue weighted by atomic mass is 35.5. The molecule has 1 aromatic heterocycles. The van der Waals surface area contributed by atoms with Gasteiger partial charge in [0.1, 0.15) is 5.25 Å². The van der Waals surface area contributed by atoms with Crippen molar-refractivity contribution in [1.29, 1.82) is 0 Å². The number of carbonyl (C=O) groups excluding carboxylic acids is 2. The summed E-state index contributed by atoms with van der Waals surface area (Å²) in [6, 6.07) is 14.8. The van der Waals surface area contributed by atoms with E-state index in [1.54, 1.807) is 31.3 Å². The molecular formula is C19H15ClN4O2S2. The van der Waals surface area contributed by atoms with Gasteiger partial charge < -0.3 is 5.32 Å². The van der Waals surface area contributed by atoms with E-state index in [1.165, 1.54) is 28.0 Å². The first-order valence-corrected chi connectivity index (χ1v) is 10.5. The van der Waals surface area contributed by atoms with Crippen LogP contribution >= 0.6 is 34.7 Å². The predicted octanol–water partition coefficient (Wildman–Crippen LogP) is 4.54. The third kappa shape index (κ3) is 3.89. The first kappa shape index (κ1) is 18.9. The van der Waals surface area contributed by atoms with Crippen molar-refractivity contribution in [3.63, 3.8) is 0 Å². The fourth-order valence-corrected chi connectivity index (χ4v) is 4.93. The maximum Gasteiger partial charge on any atom is 0.242 e. The number of amidine groups is 1. The molecule has 9 heteroatoms. The summed E-state index contributed by atoms with van der Waals surface area (Å²) in [5, 5.41) is 3.81. The Morgan fingerprint density at radius 2 is 2.00 bits per heavy atom. The summed E-state index contributed by atoms with van der Waals surface area (Å²) in [6.07, 6.45) is 0.0396. The molecule has 4 rings (SSSR count). The summed E-state index contributed by atoms with van der Waals surface area (Å²) < 4.78 is 1.04. The number of thioether (sulfide) groups is 1. The zero-order valence-corrected chi connectivity index (χ0v) is 17.1. The van der Waals surface area contributed by atoms with Crippen LogP contribution in [0.5, 0.6) is 0 Å². The molecule has 0 aliphatic carbocycles. The molecule has 1 unspecified atom stereocenters. The molecule has 142 valence electrons. The number of aliphatic imine (C=N–C) groups is 1. The number of para-hydroxylation sites is 2. The summed E-state index contributed by atoms with van der Waals surface area (Å²) in [5.41, 5.74) is 1.40. The van der Waals surface area contributed by atoms with Crippen LogP contribution in [-0.2, 0) is 9.59 Å². The van der Waals surface area contributed by atoms with Gasteiger partial charge in [0.2, 0.25) is 16.9 Å². The zero-order valence-electron chi connectivity index (χ0n) is 14.8. The number of carbonyl (C=O) groups is 2. The zero-order chi connectivity index (χ0) is 19.7. The Balaban J connectivity index is 1.47. The van der Waals surface area contributed by atoms with Crippen LogP contribution in [0.1, 0.15) is 6.42 Å². The maximum atomic E-state index is 12.5. The molecule has 2 aromatic carbocycles. The van der Waals surface area contributed by atoms with Crippen LogP contribution in [0.4, 0.5) is 10.8 Å². The molecule has 1 N–H and O–H groups in total. The van der Waals surface area contributed by atoms with Crippen LogP contribution in [0, 0.1) is 0 Å². The lowest BCUT2D eigenvalue weighted by molar-refractivity contribution is -0.127. The molecule has 2 amide bonds. The lowest BCUT2D eigenvalue weighted by Gasteiger charge is -2.10. The first-order valence-electron chi connectivity index (χ1n) is 8.44. The molecule has 0 spiro atoms. The van der Waals surface area contributed by atoms with Gasteiger partial charge in [0, 0.05) is 13.5 Å². The molecule has 0 radical (unpaired) electrons. The van der Waals surface area contributed by atoms with Gasteiger partial charge >= 0.3 is 0 Å². The fourth-order valence-electron chi connectivity index (χ4n) is 2.72. The Hall–Kier alpha value is -2.42. The fraction of sp³-hybridized carbons (Fsp3) is 0.158. The van der Waals surface area contributed by atoms with E-state index in [2.05, 4.69) is 15.3 Å². The minimum Gasteiger partial charge on any atom is -0.325 e. The van der Waals surface area contributed by atoms with Crippen molar-refractivity contribution in [2.45, 2.75) is 11.7 Å². The highest BCUT2D eigenvalue weighted by Crippen LogP contribution is 2.34. The SMILES string of the molecule is CN1C(=O)C(CC(=O)Nc2ccccc2Cl)SC1=Nc1nc2ccccc2s1. The van der Waals surface area contributed by atoms with Crippen molar-refractivity contribution in [3.05, 3.63) is 53.6 Å². The number of thiazole rings is 1. The molecular weight excluding hydrogens is 416 g/mol. The van der Waals surface area contributed by atoms with Gasteiger partial charge in [0.25, 0.3) is 0 Å². The third-order valence-corrected chi connectivity index (χ3v) is 6.62. The van der Waals surface area contributed by atoms with Crippen LogP contribution in [0.2, 0.25) is 5.02 Å². The average Bonchev–Trinajstić information content (AvgIpc) is 3.20. The van der Waals surface area contributed by atoms with Gasteiger partial charge in [0.05, 0.1) is 20.9 Å². The minimum atomic E-state index is -0.527. The predicted molar refractivity (Wildman–Crippen MR) is 116 cm³/mol. The standard InChI is InChI=1S/C19H15ClN4O2S2/c1-24-17(26)15(10-16(25)21-12-7-3-2-6-11(12)20)28-19(24)23-18-22-13-8-4-5-9-14(13)27-18/h2-9,15H,10H2,1H3,(H,21,25). The van der Waals surface area contributed by atoms with Crippen molar-refractivity contribution in [2.24, 2.45) is 4.99 Å². The van der Waals surface area contributed by atoms with E-state index < -0.39 is 5.25 Å². The number of fused-ring (bicyclic) bond motifs is 1. The van der Waals surface area contributed by atoms with E-state index in [9.17, 15) is 9.59 Å². The first-order chi connectivity index (χ1) is 13.5. The number of amides is 2. The second kappa shape index (κ2) is 7.90. The lowest BCUT2D eigenvalue weighted by atomic mass is 10.2. The van der Waals surface area contributed by atoms with Crippen molar-refractivity contribution < 1.29 is 9.59 Å². The molecule has 0 bridgehead atoms. The van der Waals surface area contributed by atoms with Gasteiger partial charge in [-0.25, -0.2) is 4.98 Å². The third-order valence-electron chi connectivity index (χ3n) is 4.13. The van der Waals surface area contributed by atoms with Crippen molar-refractivity contribution in [2.75, 3.05) is 12.4 Å². The van der Waals surface area contributed by atoms with Gasteiger partial charge in [-0.3, -0.25) is 14.5 Å². The minimum absolute atomic E-state index is 0.0396. The number of anilines is 1. The van der Waals surface area contributed by atoms with Gasteiger partial charge in [0.15, 0.2) is 5.17 Å². The average molecular weight is 431 g/mol. The van der Waals surface area contributed by atoms with Gasteiger partial charge in [-0.05, 0) is 24.3 Å². The number of nitrogens with one attached hydrogen (secondary N) is 1. The summed E-state index contributed by atoms with van der Waals surface area (Å²) in [4.78, 5) is 35.4. The monoisotopic (exact) mass is 430 g/mol. The lowest BCUT2D eigenvalue weighted by Crippen LogP contribution is -2.30. The summed E-state index contributed by atoms with van der Waals surface area (Å²) in [7, 11) is 1.66. The molecule has 1 fully saturated rings. The molecule has 0 saturated carbocycles. The molecule has 2 heterocycles. The number of hydrogen-bond donors (Lipinski definition) is 1. The summed E-state index contributed by atoms with van der Waals surface area (Å²) >= 11 is 8.80. The second-order valence-electron chi connectivity index (χ2n) is 6.09. The molecule has 1 aliphatic heterocycles. The topological polar surface area (TPSA) is 74.7 Å². The van der Waals surface area contributed by atoms with Gasteiger partial charge in [-0.2, -0.15) is 4.99 Å². The second-order valence-corrected chi connectivity index (χ2v) is 8.68. The van der Waals surface area contributed by atoms with Gasteiger partial charge in [-0.1, -0.05) is 59.0 Å². The van der Waals surface area contributed by atoms with Crippen LogP contribution in [0.25, 0.3) is 10.2 Å². The molecule has 1 atom stereocenters. The van der Waals surface area contributed by atoms with Crippen LogP contribution in [-0.4, -0.2) is 39.2 Å². The normalized spacial score (nSPS) is 18.2. The quantitative estimate of drug-likeness (QED) is 0.659. The van der Waals surface area contributed by atoms with E-state index in [0.717, 1.165) is 10.2 Å². The number of halogens is 1. The largest absolute Gasteiger partial charge is 0.325 e. The summed E-state index contributed by atoms with van der Waals surface area (Å²) in [6.45, 7) is 0. The molecule has 28 heavy (non-hydrogen) atoms. The molecule has 1 saturated heterocycles. The van der Waals surface area contributed by atoms with Gasteiger partial charge in [-0.15, -0.1) is 0 Å². The Morgan fingerprint density at radius 1 is 1.25 bits per heavy atom. The van der Waals surface area contributed by atoms with Crippen molar-refractivity contribution in [3.8, 4) is 0 Å². The number of benzene rings is 2. The highest BCUT2D eigenvalue weighted by Gasteiger charge is 2.37. The van der Waals surface area contributed by atoms with Crippen molar-refractivity contribution >= 4 is 72.7 Å². The van der Waals surface area contributed by atoms with E-state index >= 15 is 0 Å². The van der Waals surface area contributed by atoms with Crippen LogP contribution in [0.15, 0.2) is 53.5 Å². The van der Waals surface area contributed by atoms with E-state index in [0.29, 0.717) is 21.0 Å². The molecule has 1 aliphatic rings. The Bertz CT molecular complexity index is 1070. The molecule has 6 nitrogen and oxygen atoms in total. The summed E-state index contributed by atoms with van der Waals surface area (Å²) in [5.74, 6) is -0.423. The Kier molecular flexibility index (Phi) is 5.34. The van der Waals surface area contributed by atoms with E-state index in [4.69, 9.17) is 11.6 Å².